The Morgan fingerprint density at radius 2 is 1.93 bits per heavy atom. The highest BCUT2D eigenvalue weighted by molar-refractivity contribution is 7.13. The van der Waals surface area contributed by atoms with Crippen molar-refractivity contribution in [3.05, 3.63) is 41.7 Å². The first-order valence-electron chi connectivity index (χ1n) is 9.31. The molecular formula is C20H23N3O5S. The number of carboxylic acid groups (broad SMARTS) is 2. The molecule has 29 heavy (non-hydrogen) atoms. The van der Waals surface area contributed by atoms with Gasteiger partial charge in [-0.05, 0) is 30.7 Å². The molecule has 154 valence electrons. The molecule has 0 saturated heterocycles. The van der Waals surface area contributed by atoms with Gasteiger partial charge < -0.3 is 19.7 Å². The SMILES string of the molecule is CC1(C(=O)N2CCn3c(-c4cccs4)cnc3C2)CC=CCC1.O=C(O)C(=O)O. The van der Waals surface area contributed by atoms with E-state index in [0.717, 1.165) is 38.2 Å². The number of allylic oxidation sites excluding steroid dienone is 2. The maximum atomic E-state index is 13.0. The van der Waals surface area contributed by atoms with Crippen molar-refractivity contribution in [1.29, 1.82) is 0 Å². The predicted octanol–water partition coefficient (Wildman–Crippen LogP) is 2.86. The van der Waals surface area contributed by atoms with Crippen LogP contribution in [0, 0.1) is 5.41 Å². The molecule has 1 amide bonds. The maximum absolute atomic E-state index is 13.0. The van der Waals surface area contributed by atoms with Crippen LogP contribution in [0.2, 0.25) is 0 Å². The van der Waals surface area contributed by atoms with E-state index in [0.29, 0.717) is 6.54 Å². The van der Waals surface area contributed by atoms with Crippen LogP contribution in [0.1, 0.15) is 32.0 Å². The number of rotatable bonds is 2. The largest absolute Gasteiger partial charge is 0.473 e. The Morgan fingerprint density at radius 1 is 1.17 bits per heavy atom. The first-order valence-corrected chi connectivity index (χ1v) is 10.2. The Kier molecular flexibility index (Phi) is 6.17. The van der Waals surface area contributed by atoms with E-state index >= 15 is 0 Å². The molecule has 1 aliphatic heterocycles. The van der Waals surface area contributed by atoms with Crippen LogP contribution in [0.5, 0.6) is 0 Å². The van der Waals surface area contributed by atoms with Crippen molar-refractivity contribution in [2.24, 2.45) is 5.41 Å². The summed E-state index contributed by atoms with van der Waals surface area (Å²) in [7, 11) is 0. The smallest absolute Gasteiger partial charge is 0.414 e. The molecule has 1 unspecified atom stereocenters. The summed E-state index contributed by atoms with van der Waals surface area (Å²) in [5.74, 6) is -2.36. The quantitative estimate of drug-likeness (QED) is 0.574. The van der Waals surface area contributed by atoms with Crippen molar-refractivity contribution >= 4 is 29.2 Å². The van der Waals surface area contributed by atoms with Crippen LogP contribution in [0.4, 0.5) is 0 Å². The highest BCUT2D eigenvalue weighted by Crippen LogP contribution is 2.35. The van der Waals surface area contributed by atoms with E-state index in [1.54, 1.807) is 11.3 Å². The lowest BCUT2D eigenvalue weighted by Crippen LogP contribution is -2.46. The number of aliphatic carboxylic acids is 2. The molecule has 8 nitrogen and oxygen atoms in total. The van der Waals surface area contributed by atoms with Crippen LogP contribution in [0.15, 0.2) is 35.9 Å². The molecule has 2 N–H and O–H groups in total. The van der Waals surface area contributed by atoms with Gasteiger partial charge in [0.15, 0.2) is 0 Å². The lowest BCUT2D eigenvalue weighted by Gasteiger charge is -2.37. The van der Waals surface area contributed by atoms with Gasteiger partial charge in [-0.25, -0.2) is 14.6 Å². The number of imidazole rings is 1. The summed E-state index contributed by atoms with van der Waals surface area (Å²) in [4.78, 5) is 39.0. The van der Waals surface area contributed by atoms with Crippen LogP contribution in [-0.2, 0) is 27.5 Å². The Bertz CT molecular complexity index is 922. The van der Waals surface area contributed by atoms with Gasteiger partial charge in [0.05, 0.1) is 28.7 Å². The van der Waals surface area contributed by atoms with Crippen molar-refractivity contribution in [3.8, 4) is 10.6 Å². The fourth-order valence-electron chi connectivity index (χ4n) is 3.60. The van der Waals surface area contributed by atoms with Crippen LogP contribution < -0.4 is 0 Å². The van der Waals surface area contributed by atoms with Gasteiger partial charge in [-0.2, -0.15) is 0 Å². The summed E-state index contributed by atoms with van der Waals surface area (Å²) >= 11 is 1.73. The highest BCUT2D eigenvalue weighted by atomic mass is 32.1. The highest BCUT2D eigenvalue weighted by Gasteiger charge is 2.37. The second kappa shape index (κ2) is 8.60. The number of aromatic nitrogens is 2. The number of carbonyl (C=O) groups is 3. The molecular weight excluding hydrogens is 394 g/mol. The van der Waals surface area contributed by atoms with Crippen molar-refractivity contribution < 1.29 is 24.6 Å². The molecule has 0 aromatic carbocycles. The third-order valence-corrected chi connectivity index (χ3v) is 6.11. The standard InChI is InChI=1S/C18H21N3OS.C2H2O4/c1-18(7-3-2-4-8-18)17(22)20-9-10-21-14(12-19-16(21)13-20)15-6-5-11-23-15;3-1(4)2(5)6/h2-3,5-6,11-12H,4,7-10,13H2,1H3;(H,3,4)(H,5,6). The number of amides is 1. The molecule has 0 bridgehead atoms. The van der Waals surface area contributed by atoms with E-state index < -0.39 is 11.9 Å². The fraction of sp³-hybridized carbons (Fsp3) is 0.400. The number of thiophene rings is 1. The summed E-state index contributed by atoms with van der Waals surface area (Å²) in [5.41, 5.74) is 0.939. The zero-order valence-electron chi connectivity index (χ0n) is 16.1. The zero-order chi connectivity index (χ0) is 21.0. The molecule has 3 heterocycles. The lowest BCUT2D eigenvalue weighted by molar-refractivity contribution is -0.159. The summed E-state index contributed by atoms with van der Waals surface area (Å²) in [6.45, 7) is 4.35. The maximum Gasteiger partial charge on any atom is 0.414 e. The van der Waals surface area contributed by atoms with Gasteiger partial charge in [-0.1, -0.05) is 25.1 Å². The molecule has 2 aliphatic rings. The molecule has 9 heteroatoms. The molecule has 1 atom stereocenters. The summed E-state index contributed by atoms with van der Waals surface area (Å²) in [6.07, 6.45) is 9.10. The number of hydrogen-bond donors (Lipinski definition) is 2. The van der Waals surface area contributed by atoms with Crippen molar-refractivity contribution in [2.75, 3.05) is 6.54 Å². The van der Waals surface area contributed by atoms with E-state index in [9.17, 15) is 4.79 Å². The molecule has 0 saturated carbocycles. The second-order valence-corrected chi connectivity index (χ2v) is 8.25. The van der Waals surface area contributed by atoms with E-state index in [1.807, 2.05) is 11.1 Å². The predicted molar refractivity (Wildman–Crippen MR) is 107 cm³/mol. The van der Waals surface area contributed by atoms with E-state index in [4.69, 9.17) is 19.8 Å². The van der Waals surface area contributed by atoms with Gasteiger partial charge in [-0.3, -0.25) is 4.79 Å². The Hall–Kier alpha value is -2.94. The summed E-state index contributed by atoms with van der Waals surface area (Å²) in [6, 6.07) is 4.19. The Balaban J connectivity index is 0.000000353. The second-order valence-electron chi connectivity index (χ2n) is 7.30. The Morgan fingerprint density at radius 3 is 2.52 bits per heavy atom. The minimum Gasteiger partial charge on any atom is -0.473 e. The van der Waals surface area contributed by atoms with Gasteiger partial charge in [0.2, 0.25) is 5.91 Å². The minimum absolute atomic E-state index is 0.236. The summed E-state index contributed by atoms with van der Waals surface area (Å²) in [5, 5.41) is 16.9. The lowest BCUT2D eigenvalue weighted by atomic mass is 9.77. The number of carbonyl (C=O) groups excluding carboxylic acids is 1. The minimum atomic E-state index is -1.82. The number of carboxylic acids is 2. The molecule has 1 aliphatic carbocycles. The Labute approximate surface area is 172 Å². The van der Waals surface area contributed by atoms with Gasteiger partial charge >= 0.3 is 11.9 Å². The fourth-order valence-corrected chi connectivity index (χ4v) is 4.34. The number of hydrogen-bond acceptors (Lipinski definition) is 5. The molecule has 0 spiro atoms. The zero-order valence-corrected chi connectivity index (χ0v) is 16.9. The molecule has 4 rings (SSSR count). The van der Waals surface area contributed by atoms with Crippen LogP contribution in [-0.4, -0.2) is 49.1 Å². The van der Waals surface area contributed by atoms with Gasteiger partial charge in [-0.15, -0.1) is 11.3 Å². The third-order valence-electron chi connectivity index (χ3n) is 5.22. The van der Waals surface area contributed by atoms with E-state index in [1.165, 1.54) is 10.6 Å². The molecule has 2 aromatic heterocycles. The number of nitrogens with zero attached hydrogens (tertiary/aromatic N) is 3. The van der Waals surface area contributed by atoms with Crippen molar-refractivity contribution in [3.63, 3.8) is 0 Å². The number of fused-ring (bicyclic) bond motifs is 1. The topological polar surface area (TPSA) is 113 Å². The van der Waals surface area contributed by atoms with Crippen molar-refractivity contribution in [1.82, 2.24) is 14.5 Å². The first kappa shape index (κ1) is 20.8. The van der Waals surface area contributed by atoms with Gasteiger partial charge in [0.25, 0.3) is 0 Å². The van der Waals surface area contributed by atoms with Crippen LogP contribution >= 0.6 is 11.3 Å². The third kappa shape index (κ3) is 4.56. The normalized spacial score (nSPS) is 20.4. The average molecular weight is 417 g/mol. The van der Waals surface area contributed by atoms with Crippen molar-refractivity contribution in [2.45, 2.75) is 39.3 Å². The molecule has 0 radical (unpaired) electrons. The molecule has 2 aromatic rings. The summed E-state index contributed by atoms with van der Waals surface area (Å²) < 4.78 is 2.26. The van der Waals surface area contributed by atoms with E-state index in [2.05, 4.69) is 46.1 Å². The first-order chi connectivity index (χ1) is 13.8. The van der Waals surface area contributed by atoms with Gasteiger partial charge in [0.1, 0.15) is 5.82 Å². The van der Waals surface area contributed by atoms with Crippen LogP contribution in [0.3, 0.4) is 0 Å². The van der Waals surface area contributed by atoms with Gasteiger partial charge in [0, 0.05) is 13.1 Å². The molecule has 0 fully saturated rings. The van der Waals surface area contributed by atoms with Crippen LogP contribution in [0.25, 0.3) is 10.6 Å². The monoisotopic (exact) mass is 417 g/mol. The average Bonchev–Trinajstić information content (AvgIpc) is 3.37. The van der Waals surface area contributed by atoms with E-state index in [-0.39, 0.29) is 11.3 Å².